The summed E-state index contributed by atoms with van der Waals surface area (Å²) in [5.74, 6) is 0. The summed E-state index contributed by atoms with van der Waals surface area (Å²) in [7, 11) is 3.52. The van der Waals surface area contributed by atoms with Crippen molar-refractivity contribution in [1.82, 2.24) is 24.6 Å². The van der Waals surface area contributed by atoms with E-state index < -0.39 is 0 Å². The first kappa shape index (κ1) is 16.0. The second-order valence-electron chi connectivity index (χ2n) is 5.42. The zero-order chi connectivity index (χ0) is 16.9. The fourth-order valence-corrected chi connectivity index (χ4v) is 2.45. The molecule has 1 aromatic carbocycles. The first-order valence-corrected chi connectivity index (χ1v) is 7.62. The Morgan fingerprint density at radius 2 is 2.21 bits per heavy atom. The van der Waals surface area contributed by atoms with Gasteiger partial charge in [0.15, 0.2) is 0 Å². The minimum atomic E-state index is -0.268. The predicted octanol–water partition coefficient (Wildman–Crippen LogP) is 1.74. The molecule has 0 saturated heterocycles. The fourth-order valence-electron chi connectivity index (χ4n) is 2.45. The Bertz CT molecular complexity index is 838. The number of methoxy groups -OCH3 is 1. The third-order valence-corrected chi connectivity index (χ3v) is 3.77. The summed E-state index contributed by atoms with van der Waals surface area (Å²) < 4.78 is 8.78. The molecule has 0 radical (unpaired) electrons. The number of fused-ring (bicyclic) bond motifs is 1. The van der Waals surface area contributed by atoms with Crippen LogP contribution >= 0.6 is 0 Å². The Labute approximate surface area is 139 Å². The average molecular weight is 328 g/mol. The zero-order valence-electron chi connectivity index (χ0n) is 13.7. The van der Waals surface area contributed by atoms with Crippen LogP contribution in [0.1, 0.15) is 5.69 Å². The number of hydrogen-bond donors (Lipinski definition) is 2. The van der Waals surface area contributed by atoms with E-state index >= 15 is 0 Å². The van der Waals surface area contributed by atoms with Gasteiger partial charge in [0.25, 0.3) is 0 Å². The topological polar surface area (TPSA) is 86.0 Å². The van der Waals surface area contributed by atoms with Crippen molar-refractivity contribution in [2.24, 2.45) is 7.05 Å². The van der Waals surface area contributed by atoms with Crippen LogP contribution in [0.4, 0.5) is 10.5 Å². The molecule has 0 unspecified atom stereocenters. The van der Waals surface area contributed by atoms with Gasteiger partial charge >= 0.3 is 6.03 Å². The molecule has 24 heavy (non-hydrogen) atoms. The van der Waals surface area contributed by atoms with Crippen LogP contribution in [0.25, 0.3) is 10.9 Å². The van der Waals surface area contributed by atoms with Gasteiger partial charge < -0.3 is 19.9 Å². The minimum Gasteiger partial charge on any atom is -0.383 e. The Hall–Kier alpha value is -2.87. The van der Waals surface area contributed by atoms with Gasteiger partial charge in [-0.3, -0.25) is 4.68 Å². The van der Waals surface area contributed by atoms with Crippen molar-refractivity contribution in [2.45, 2.75) is 13.1 Å². The number of nitrogens with one attached hydrogen (secondary N) is 2. The molecule has 0 atom stereocenters. The average Bonchev–Trinajstić information content (AvgIpc) is 3.18. The Morgan fingerprint density at radius 3 is 3.04 bits per heavy atom. The maximum Gasteiger partial charge on any atom is 0.319 e. The number of carbonyl (C=O) groups excluding carboxylic acids is 1. The molecule has 2 N–H and O–H groups in total. The summed E-state index contributed by atoms with van der Waals surface area (Å²) in [6, 6.07) is 5.41. The number of imidazole rings is 1. The summed E-state index contributed by atoms with van der Waals surface area (Å²) in [6.07, 6.45) is 5.25. The highest BCUT2D eigenvalue weighted by molar-refractivity contribution is 5.92. The lowest BCUT2D eigenvalue weighted by Crippen LogP contribution is -2.29. The van der Waals surface area contributed by atoms with Gasteiger partial charge in [0.1, 0.15) is 0 Å². The molecule has 126 valence electrons. The number of hydrogen-bond acceptors (Lipinski definition) is 4. The summed E-state index contributed by atoms with van der Waals surface area (Å²) >= 11 is 0. The smallest absolute Gasteiger partial charge is 0.319 e. The molecule has 3 rings (SSSR count). The van der Waals surface area contributed by atoms with E-state index in [0.717, 1.165) is 22.3 Å². The predicted molar refractivity (Wildman–Crippen MR) is 90.7 cm³/mol. The van der Waals surface area contributed by atoms with Crippen molar-refractivity contribution in [3.63, 3.8) is 0 Å². The lowest BCUT2D eigenvalue weighted by Gasteiger charge is -2.10. The molecule has 8 heteroatoms. The molecule has 0 bridgehead atoms. The quantitative estimate of drug-likeness (QED) is 0.722. The van der Waals surface area contributed by atoms with Crippen molar-refractivity contribution >= 4 is 22.6 Å². The van der Waals surface area contributed by atoms with Gasteiger partial charge in [-0.05, 0) is 18.2 Å². The first-order chi connectivity index (χ1) is 11.7. The number of aromatic nitrogens is 4. The number of carbonyl (C=O) groups is 1. The monoisotopic (exact) mass is 328 g/mol. The summed E-state index contributed by atoms with van der Waals surface area (Å²) in [5, 5.41) is 10.9. The molecule has 0 aliphatic carbocycles. The molecule has 0 saturated carbocycles. The molecule has 2 amide bonds. The van der Waals surface area contributed by atoms with E-state index in [0.29, 0.717) is 19.7 Å². The van der Waals surface area contributed by atoms with Gasteiger partial charge in [0, 0.05) is 38.0 Å². The fraction of sp³-hybridized carbons (Fsp3) is 0.312. The number of benzene rings is 1. The zero-order valence-corrected chi connectivity index (χ0v) is 13.7. The highest BCUT2D eigenvalue weighted by Gasteiger charge is 2.07. The second kappa shape index (κ2) is 7.14. The largest absolute Gasteiger partial charge is 0.383 e. The van der Waals surface area contributed by atoms with Crippen LogP contribution in [-0.2, 0) is 24.9 Å². The molecule has 3 aromatic rings. The Kier molecular flexibility index (Phi) is 4.76. The van der Waals surface area contributed by atoms with Crippen molar-refractivity contribution in [2.75, 3.05) is 19.0 Å². The van der Waals surface area contributed by atoms with Gasteiger partial charge in [0.05, 0.1) is 36.9 Å². The summed E-state index contributed by atoms with van der Waals surface area (Å²) in [4.78, 5) is 16.2. The van der Waals surface area contributed by atoms with Crippen LogP contribution in [0.15, 0.2) is 36.9 Å². The highest BCUT2D eigenvalue weighted by atomic mass is 16.5. The minimum absolute atomic E-state index is 0.268. The number of nitrogens with zero attached hydrogens (tertiary/aromatic N) is 4. The maximum atomic E-state index is 12.1. The van der Waals surface area contributed by atoms with Crippen molar-refractivity contribution in [1.29, 1.82) is 0 Å². The normalized spacial score (nSPS) is 10.9. The molecule has 0 spiro atoms. The van der Waals surface area contributed by atoms with Crippen LogP contribution < -0.4 is 10.6 Å². The molecule has 0 fully saturated rings. The van der Waals surface area contributed by atoms with Crippen molar-refractivity contribution in [3.05, 3.63) is 42.6 Å². The molecule has 8 nitrogen and oxygen atoms in total. The van der Waals surface area contributed by atoms with Crippen LogP contribution in [0.2, 0.25) is 0 Å². The third kappa shape index (κ3) is 3.54. The molecular weight excluding hydrogens is 308 g/mol. The molecule has 0 aliphatic heterocycles. The van der Waals surface area contributed by atoms with E-state index in [1.54, 1.807) is 30.5 Å². The van der Waals surface area contributed by atoms with Crippen molar-refractivity contribution in [3.8, 4) is 0 Å². The van der Waals surface area contributed by atoms with E-state index in [2.05, 4.69) is 20.7 Å². The van der Waals surface area contributed by atoms with Crippen LogP contribution in [0.5, 0.6) is 0 Å². The van der Waals surface area contributed by atoms with E-state index in [1.807, 2.05) is 29.8 Å². The number of aryl methyl sites for hydroxylation is 1. The Morgan fingerprint density at radius 1 is 1.33 bits per heavy atom. The van der Waals surface area contributed by atoms with Gasteiger partial charge in [-0.2, -0.15) is 5.10 Å². The number of amides is 2. The standard InChI is InChI=1S/C16H20N6O2/c1-21-15-7-13(4-3-12(15)8-19-21)20-16(23)18-10-14-9-17-11-22(14)5-6-24-2/h3-4,7-9,11H,5-6,10H2,1-2H3,(H2,18,20,23). The van der Waals surface area contributed by atoms with E-state index in [-0.39, 0.29) is 6.03 Å². The number of rotatable bonds is 6. The molecular formula is C16H20N6O2. The van der Waals surface area contributed by atoms with Crippen LogP contribution in [-0.4, -0.2) is 39.1 Å². The van der Waals surface area contributed by atoms with Crippen LogP contribution in [0.3, 0.4) is 0 Å². The first-order valence-electron chi connectivity index (χ1n) is 7.62. The maximum absolute atomic E-state index is 12.1. The second-order valence-corrected chi connectivity index (χ2v) is 5.42. The van der Waals surface area contributed by atoms with E-state index in [1.165, 1.54) is 0 Å². The Balaban J connectivity index is 1.59. The van der Waals surface area contributed by atoms with Gasteiger partial charge in [-0.25, -0.2) is 9.78 Å². The third-order valence-electron chi connectivity index (χ3n) is 3.77. The van der Waals surface area contributed by atoms with Gasteiger partial charge in [-0.15, -0.1) is 0 Å². The molecule has 2 aromatic heterocycles. The van der Waals surface area contributed by atoms with Crippen molar-refractivity contribution < 1.29 is 9.53 Å². The van der Waals surface area contributed by atoms with E-state index in [4.69, 9.17) is 4.74 Å². The molecule has 0 aliphatic rings. The number of anilines is 1. The number of ether oxygens (including phenoxy) is 1. The lowest BCUT2D eigenvalue weighted by molar-refractivity contribution is 0.186. The summed E-state index contributed by atoms with van der Waals surface area (Å²) in [6.45, 7) is 1.69. The SMILES string of the molecule is COCCn1cncc1CNC(=O)Nc1ccc2cnn(C)c2c1. The van der Waals surface area contributed by atoms with Gasteiger partial charge in [0.2, 0.25) is 0 Å². The number of urea groups is 1. The van der Waals surface area contributed by atoms with Crippen LogP contribution in [0, 0.1) is 0 Å². The molecule has 2 heterocycles. The van der Waals surface area contributed by atoms with Gasteiger partial charge in [-0.1, -0.05) is 0 Å². The van der Waals surface area contributed by atoms with E-state index in [9.17, 15) is 4.79 Å². The summed E-state index contributed by atoms with van der Waals surface area (Å²) in [5.41, 5.74) is 2.60. The lowest BCUT2D eigenvalue weighted by atomic mass is 10.2. The highest BCUT2D eigenvalue weighted by Crippen LogP contribution is 2.18.